The summed E-state index contributed by atoms with van der Waals surface area (Å²) < 4.78 is 4.58. The Bertz CT molecular complexity index is 792. The summed E-state index contributed by atoms with van der Waals surface area (Å²) in [5.74, 6) is -0.952. The second-order valence-electron chi connectivity index (χ2n) is 5.45. The normalized spacial score (nSPS) is 11.5. The van der Waals surface area contributed by atoms with Gasteiger partial charge in [0.15, 0.2) is 5.13 Å². The number of carbonyl (C=O) groups is 3. The van der Waals surface area contributed by atoms with Crippen LogP contribution in [0.15, 0.2) is 29.6 Å². The molecular weight excluding hydrogens is 378 g/mol. The first kappa shape index (κ1) is 19.9. The Kier molecular flexibility index (Phi) is 7.11. The summed E-state index contributed by atoms with van der Waals surface area (Å²) >= 11 is 7.09. The lowest BCUT2D eigenvalue weighted by atomic mass is 10.0. The average Bonchev–Trinajstić information content (AvgIpc) is 3.01. The van der Waals surface area contributed by atoms with Crippen LogP contribution >= 0.6 is 22.9 Å². The predicted octanol–water partition coefficient (Wildman–Crippen LogP) is 2.72. The number of nitrogens with zero attached hydrogens (tertiary/aromatic N) is 1. The standard InChI is InChI=1S/C17H18ClN3O4S/c1-10(22)19-14(11-3-5-12(18)6-4-11)8-15(23)21-17-20-13(9-26-17)7-16(24)25-2/h3-6,9,14H,7-8H2,1-2H3,(H,19,22)(H,20,21,23). The van der Waals surface area contributed by atoms with Crippen molar-refractivity contribution in [1.82, 2.24) is 10.3 Å². The summed E-state index contributed by atoms with van der Waals surface area (Å²) in [5.41, 5.74) is 1.29. The molecule has 0 aliphatic heterocycles. The first-order valence-electron chi connectivity index (χ1n) is 7.71. The van der Waals surface area contributed by atoms with Gasteiger partial charge in [0.25, 0.3) is 0 Å². The van der Waals surface area contributed by atoms with Gasteiger partial charge in [-0.3, -0.25) is 14.4 Å². The van der Waals surface area contributed by atoms with Crippen molar-refractivity contribution in [3.8, 4) is 0 Å². The maximum Gasteiger partial charge on any atom is 0.311 e. The topological polar surface area (TPSA) is 97.4 Å². The van der Waals surface area contributed by atoms with Gasteiger partial charge in [0, 0.05) is 17.3 Å². The number of methoxy groups -OCH3 is 1. The van der Waals surface area contributed by atoms with Gasteiger partial charge in [0.05, 0.1) is 31.7 Å². The minimum absolute atomic E-state index is 0.0348. The highest BCUT2D eigenvalue weighted by atomic mass is 35.5. The average molecular weight is 396 g/mol. The van der Waals surface area contributed by atoms with Gasteiger partial charge in [-0.1, -0.05) is 23.7 Å². The third-order valence-electron chi connectivity index (χ3n) is 3.39. The van der Waals surface area contributed by atoms with Crippen molar-refractivity contribution >= 4 is 45.9 Å². The molecule has 0 aliphatic carbocycles. The van der Waals surface area contributed by atoms with Crippen LogP contribution in [0.1, 0.15) is 30.6 Å². The third-order valence-corrected chi connectivity index (χ3v) is 4.45. The zero-order valence-corrected chi connectivity index (χ0v) is 15.8. The van der Waals surface area contributed by atoms with E-state index in [2.05, 4.69) is 20.4 Å². The summed E-state index contributed by atoms with van der Waals surface area (Å²) in [4.78, 5) is 39.2. The van der Waals surface area contributed by atoms with Crippen LogP contribution in [0.3, 0.4) is 0 Å². The van der Waals surface area contributed by atoms with E-state index >= 15 is 0 Å². The van der Waals surface area contributed by atoms with Crippen molar-refractivity contribution in [3.63, 3.8) is 0 Å². The van der Waals surface area contributed by atoms with Gasteiger partial charge in [-0.15, -0.1) is 11.3 Å². The number of thiazole rings is 1. The second kappa shape index (κ2) is 9.30. The molecule has 1 aromatic carbocycles. The number of ether oxygens (including phenoxy) is 1. The monoisotopic (exact) mass is 395 g/mol. The Labute approximate surface area is 159 Å². The predicted molar refractivity (Wildman–Crippen MR) is 99.1 cm³/mol. The zero-order valence-electron chi connectivity index (χ0n) is 14.2. The van der Waals surface area contributed by atoms with Gasteiger partial charge >= 0.3 is 5.97 Å². The summed E-state index contributed by atoms with van der Waals surface area (Å²) in [6, 6.07) is 6.43. The van der Waals surface area contributed by atoms with Crippen LogP contribution in [-0.2, 0) is 25.5 Å². The lowest BCUT2D eigenvalue weighted by Crippen LogP contribution is -2.29. The number of rotatable bonds is 7. The van der Waals surface area contributed by atoms with E-state index in [0.717, 1.165) is 5.56 Å². The third kappa shape index (κ3) is 6.12. The molecule has 2 amide bonds. The van der Waals surface area contributed by atoms with E-state index in [9.17, 15) is 14.4 Å². The first-order valence-corrected chi connectivity index (χ1v) is 8.96. The number of hydrogen-bond donors (Lipinski definition) is 2. The highest BCUT2D eigenvalue weighted by Crippen LogP contribution is 2.21. The minimum Gasteiger partial charge on any atom is -0.469 e. The fourth-order valence-electron chi connectivity index (χ4n) is 2.21. The van der Waals surface area contributed by atoms with E-state index in [1.807, 2.05) is 0 Å². The maximum atomic E-state index is 12.3. The summed E-state index contributed by atoms with van der Waals surface area (Å²) in [5, 5.41) is 8.06. The van der Waals surface area contributed by atoms with E-state index in [4.69, 9.17) is 11.6 Å². The van der Waals surface area contributed by atoms with Crippen molar-refractivity contribution in [2.45, 2.75) is 25.8 Å². The Morgan fingerprint density at radius 2 is 1.96 bits per heavy atom. The van der Waals surface area contributed by atoms with E-state index in [1.165, 1.54) is 25.4 Å². The highest BCUT2D eigenvalue weighted by molar-refractivity contribution is 7.13. The van der Waals surface area contributed by atoms with Gasteiger partial charge < -0.3 is 15.4 Å². The van der Waals surface area contributed by atoms with Gasteiger partial charge in [-0.05, 0) is 17.7 Å². The fourth-order valence-corrected chi connectivity index (χ4v) is 3.07. The van der Waals surface area contributed by atoms with Crippen LogP contribution in [-0.4, -0.2) is 29.9 Å². The molecule has 0 saturated carbocycles. The van der Waals surface area contributed by atoms with Gasteiger partial charge in [0.1, 0.15) is 0 Å². The molecule has 138 valence electrons. The van der Waals surface area contributed by atoms with Crippen molar-refractivity contribution in [3.05, 3.63) is 45.9 Å². The molecule has 2 aromatic rings. The number of anilines is 1. The first-order chi connectivity index (χ1) is 12.4. The quantitative estimate of drug-likeness (QED) is 0.702. The van der Waals surface area contributed by atoms with Crippen LogP contribution < -0.4 is 10.6 Å². The number of amides is 2. The zero-order chi connectivity index (χ0) is 19.1. The number of halogens is 1. The Balaban J connectivity index is 2.01. The lowest BCUT2D eigenvalue weighted by molar-refractivity contribution is -0.139. The van der Waals surface area contributed by atoms with Crippen LogP contribution in [0, 0.1) is 0 Å². The fraction of sp³-hybridized carbons (Fsp3) is 0.294. The molecule has 7 nitrogen and oxygen atoms in total. The number of esters is 1. The summed E-state index contributed by atoms with van der Waals surface area (Å²) in [7, 11) is 1.30. The molecule has 2 N–H and O–H groups in total. The molecule has 1 heterocycles. The second-order valence-corrected chi connectivity index (χ2v) is 6.75. The molecule has 1 aromatic heterocycles. The molecular formula is C17H18ClN3O4S. The Morgan fingerprint density at radius 3 is 2.58 bits per heavy atom. The molecule has 0 fully saturated rings. The van der Waals surface area contributed by atoms with E-state index in [0.29, 0.717) is 15.8 Å². The van der Waals surface area contributed by atoms with Crippen molar-refractivity contribution < 1.29 is 19.1 Å². The van der Waals surface area contributed by atoms with Gasteiger partial charge in [0.2, 0.25) is 11.8 Å². The van der Waals surface area contributed by atoms with Crippen LogP contribution in [0.4, 0.5) is 5.13 Å². The molecule has 0 bridgehead atoms. The summed E-state index contributed by atoms with van der Waals surface area (Å²) in [6.07, 6.45) is 0.0787. The SMILES string of the molecule is COC(=O)Cc1csc(NC(=O)CC(NC(C)=O)c2ccc(Cl)cc2)n1. The molecule has 9 heteroatoms. The largest absolute Gasteiger partial charge is 0.469 e. The Morgan fingerprint density at radius 1 is 1.27 bits per heavy atom. The van der Waals surface area contributed by atoms with Crippen molar-refractivity contribution in [2.75, 3.05) is 12.4 Å². The van der Waals surface area contributed by atoms with Crippen LogP contribution in [0.25, 0.3) is 0 Å². The molecule has 2 rings (SSSR count). The number of hydrogen-bond acceptors (Lipinski definition) is 6. The van der Waals surface area contributed by atoms with E-state index in [1.54, 1.807) is 29.6 Å². The number of benzene rings is 1. The van der Waals surface area contributed by atoms with E-state index < -0.39 is 12.0 Å². The number of nitrogens with one attached hydrogen (secondary N) is 2. The minimum atomic E-state index is -0.487. The maximum absolute atomic E-state index is 12.3. The Hall–Kier alpha value is -2.45. The van der Waals surface area contributed by atoms with Crippen molar-refractivity contribution in [1.29, 1.82) is 0 Å². The molecule has 1 atom stereocenters. The molecule has 0 saturated heterocycles. The highest BCUT2D eigenvalue weighted by Gasteiger charge is 2.18. The molecule has 26 heavy (non-hydrogen) atoms. The molecule has 1 unspecified atom stereocenters. The lowest BCUT2D eigenvalue weighted by Gasteiger charge is -2.17. The number of aromatic nitrogens is 1. The number of carbonyl (C=O) groups excluding carboxylic acids is 3. The van der Waals surface area contributed by atoms with Crippen molar-refractivity contribution in [2.24, 2.45) is 0 Å². The van der Waals surface area contributed by atoms with Gasteiger partial charge in [-0.2, -0.15) is 0 Å². The van der Waals surface area contributed by atoms with Crippen LogP contribution in [0.2, 0.25) is 5.02 Å². The summed E-state index contributed by atoms with van der Waals surface area (Å²) in [6.45, 7) is 1.39. The van der Waals surface area contributed by atoms with Gasteiger partial charge in [-0.25, -0.2) is 4.98 Å². The van der Waals surface area contributed by atoms with E-state index in [-0.39, 0.29) is 24.7 Å². The smallest absolute Gasteiger partial charge is 0.311 e. The molecule has 0 spiro atoms. The molecule has 0 aliphatic rings. The van der Waals surface area contributed by atoms with Crippen LogP contribution in [0.5, 0.6) is 0 Å². The molecule has 0 radical (unpaired) electrons.